The molecule has 0 spiro atoms. The van der Waals surface area contributed by atoms with Gasteiger partial charge in [-0.1, -0.05) is 25.3 Å². The minimum absolute atomic E-state index is 0.0358. The van der Waals surface area contributed by atoms with Crippen LogP contribution in [0.1, 0.15) is 68.0 Å². The molecular formula is C20H33NO2S. The largest absolute Gasteiger partial charge is 0.394 e. The van der Waals surface area contributed by atoms with Gasteiger partial charge in [-0.2, -0.15) is 0 Å². The number of rotatable bonds is 10. The maximum atomic E-state index is 9.20. The van der Waals surface area contributed by atoms with Crippen molar-refractivity contribution >= 4 is 17.4 Å². The Hall–Kier alpha value is -0.680. The SMILES string of the molecule is CC(N)(CO)CCc1ccc(/C=C/CCCOC2CCCCC2)s1. The zero-order valence-electron chi connectivity index (χ0n) is 15.0. The second kappa shape index (κ2) is 10.3. The van der Waals surface area contributed by atoms with Crippen LogP contribution in [0.3, 0.4) is 0 Å². The molecule has 3 N–H and O–H groups in total. The van der Waals surface area contributed by atoms with Crippen molar-refractivity contribution in [1.82, 2.24) is 0 Å². The van der Waals surface area contributed by atoms with E-state index in [-0.39, 0.29) is 6.61 Å². The van der Waals surface area contributed by atoms with Crippen LogP contribution in [0, 0.1) is 0 Å². The van der Waals surface area contributed by atoms with E-state index in [2.05, 4.69) is 24.3 Å². The summed E-state index contributed by atoms with van der Waals surface area (Å²) >= 11 is 1.82. The fraction of sp³-hybridized carbons (Fsp3) is 0.700. The number of unbranched alkanes of at least 4 members (excludes halogenated alkanes) is 1. The Morgan fingerprint density at radius 1 is 1.33 bits per heavy atom. The van der Waals surface area contributed by atoms with Gasteiger partial charge >= 0.3 is 0 Å². The van der Waals surface area contributed by atoms with Gasteiger partial charge in [0.25, 0.3) is 0 Å². The van der Waals surface area contributed by atoms with Gasteiger partial charge in [-0.25, -0.2) is 0 Å². The van der Waals surface area contributed by atoms with Gasteiger partial charge in [-0.3, -0.25) is 0 Å². The molecule has 4 heteroatoms. The second-order valence-electron chi connectivity index (χ2n) is 7.29. The highest BCUT2D eigenvalue weighted by molar-refractivity contribution is 7.12. The van der Waals surface area contributed by atoms with Crippen LogP contribution in [0.15, 0.2) is 18.2 Å². The van der Waals surface area contributed by atoms with E-state index < -0.39 is 5.54 Å². The molecule has 2 rings (SSSR count). The lowest BCUT2D eigenvalue weighted by atomic mass is 9.98. The summed E-state index contributed by atoms with van der Waals surface area (Å²) in [6.07, 6.45) is 15.5. The number of nitrogens with two attached hydrogens (primary N) is 1. The normalized spacial score (nSPS) is 19.0. The maximum absolute atomic E-state index is 9.20. The van der Waals surface area contributed by atoms with Crippen LogP contribution in [-0.4, -0.2) is 30.0 Å². The summed E-state index contributed by atoms with van der Waals surface area (Å²) in [7, 11) is 0. The highest BCUT2D eigenvalue weighted by atomic mass is 32.1. The molecule has 3 nitrogen and oxygen atoms in total. The summed E-state index contributed by atoms with van der Waals surface area (Å²) in [4.78, 5) is 2.63. The van der Waals surface area contributed by atoms with Crippen LogP contribution in [0.2, 0.25) is 0 Å². The van der Waals surface area contributed by atoms with E-state index >= 15 is 0 Å². The van der Waals surface area contributed by atoms with E-state index in [1.165, 1.54) is 41.9 Å². The first-order valence-corrected chi connectivity index (χ1v) is 10.2. The molecule has 0 bridgehead atoms. The van der Waals surface area contributed by atoms with Crippen LogP contribution in [0.4, 0.5) is 0 Å². The molecule has 1 unspecified atom stereocenters. The molecular weight excluding hydrogens is 318 g/mol. The third kappa shape index (κ3) is 7.47. The Morgan fingerprint density at radius 3 is 2.88 bits per heavy atom. The summed E-state index contributed by atoms with van der Waals surface area (Å²) in [6.45, 7) is 2.83. The molecule has 1 atom stereocenters. The highest BCUT2D eigenvalue weighted by Crippen LogP contribution is 2.22. The third-order valence-electron chi connectivity index (χ3n) is 4.69. The minimum Gasteiger partial charge on any atom is -0.394 e. The number of hydrogen-bond donors (Lipinski definition) is 2. The number of aryl methyl sites for hydroxylation is 1. The average Bonchev–Trinajstić information content (AvgIpc) is 3.05. The van der Waals surface area contributed by atoms with Crippen molar-refractivity contribution in [1.29, 1.82) is 0 Å². The fourth-order valence-corrected chi connectivity index (χ4v) is 3.93. The van der Waals surface area contributed by atoms with Crippen LogP contribution < -0.4 is 5.73 Å². The third-order valence-corrected chi connectivity index (χ3v) is 5.80. The maximum Gasteiger partial charge on any atom is 0.0608 e. The van der Waals surface area contributed by atoms with Crippen molar-refractivity contribution in [2.45, 2.75) is 76.4 Å². The summed E-state index contributed by atoms with van der Waals surface area (Å²) in [5.41, 5.74) is 5.51. The highest BCUT2D eigenvalue weighted by Gasteiger charge is 2.17. The number of thiophene rings is 1. The Kier molecular flexibility index (Phi) is 8.46. The molecule has 1 fully saturated rings. The van der Waals surface area contributed by atoms with Gasteiger partial charge in [0.15, 0.2) is 0 Å². The van der Waals surface area contributed by atoms with Crippen molar-refractivity contribution in [3.63, 3.8) is 0 Å². The van der Waals surface area contributed by atoms with Crippen molar-refractivity contribution in [2.75, 3.05) is 13.2 Å². The summed E-state index contributed by atoms with van der Waals surface area (Å²) in [6, 6.07) is 4.34. The minimum atomic E-state index is -0.474. The Labute approximate surface area is 150 Å². The monoisotopic (exact) mass is 351 g/mol. The lowest BCUT2D eigenvalue weighted by Gasteiger charge is -2.21. The second-order valence-corrected chi connectivity index (χ2v) is 8.49. The summed E-state index contributed by atoms with van der Waals surface area (Å²) in [5.74, 6) is 0. The van der Waals surface area contributed by atoms with E-state index in [0.29, 0.717) is 6.10 Å². The number of ether oxygens (including phenoxy) is 1. The standard InChI is InChI=1S/C20H33NO2S/c1-20(21,16-22)14-13-19-12-11-18(24-19)10-6-3-7-15-23-17-8-4-2-5-9-17/h6,10-12,17,22H,2-5,7-9,13-16,21H2,1H3/b10-6+. The van der Waals surface area contributed by atoms with Gasteiger partial charge in [0.1, 0.15) is 0 Å². The van der Waals surface area contributed by atoms with E-state index in [9.17, 15) is 5.11 Å². The molecule has 24 heavy (non-hydrogen) atoms. The summed E-state index contributed by atoms with van der Waals surface area (Å²) < 4.78 is 5.95. The molecule has 1 heterocycles. The lowest BCUT2D eigenvalue weighted by Crippen LogP contribution is -2.40. The lowest BCUT2D eigenvalue weighted by molar-refractivity contribution is 0.0275. The quantitative estimate of drug-likeness (QED) is 0.609. The van der Waals surface area contributed by atoms with E-state index in [1.807, 2.05) is 18.3 Å². The van der Waals surface area contributed by atoms with Gasteiger partial charge < -0.3 is 15.6 Å². The molecule has 0 amide bonds. The smallest absolute Gasteiger partial charge is 0.0608 e. The van der Waals surface area contributed by atoms with Crippen molar-refractivity contribution in [3.8, 4) is 0 Å². The van der Waals surface area contributed by atoms with E-state index in [0.717, 1.165) is 32.3 Å². The van der Waals surface area contributed by atoms with Gasteiger partial charge in [0.05, 0.1) is 12.7 Å². The van der Waals surface area contributed by atoms with E-state index in [1.54, 1.807) is 0 Å². The van der Waals surface area contributed by atoms with Gasteiger partial charge in [0, 0.05) is 21.9 Å². The van der Waals surface area contributed by atoms with Crippen molar-refractivity contribution in [3.05, 3.63) is 28.0 Å². The van der Waals surface area contributed by atoms with Gasteiger partial charge in [-0.05, 0) is 63.7 Å². The molecule has 0 saturated heterocycles. The predicted molar refractivity (Wildman–Crippen MR) is 103 cm³/mol. The molecule has 1 aliphatic carbocycles. The van der Waals surface area contributed by atoms with Gasteiger partial charge in [-0.15, -0.1) is 11.3 Å². The first kappa shape index (κ1) is 19.6. The number of hydrogen-bond acceptors (Lipinski definition) is 4. The predicted octanol–water partition coefficient (Wildman–Crippen LogP) is 4.53. The molecule has 1 saturated carbocycles. The molecule has 0 aromatic carbocycles. The topological polar surface area (TPSA) is 55.5 Å². The van der Waals surface area contributed by atoms with Crippen molar-refractivity contribution in [2.24, 2.45) is 5.73 Å². The first-order chi connectivity index (χ1) is 11.6. The average molecular weight is 352 g/mol. The van der Waals surface area contributed by atoms with Crippen LogP contribution in [-0.2, 0) is 11.2 Å². The van der Waals surface area contributed by atoms with Crippen LogP contribution in [0.5, 0.6) is 0 Å². The number of aliphatic hydroxyl groups is 1. The molecule has 0 radical (unpaired) electrons. The van der Waals surface area contributed by atoms with E-state index in [4.69, 9.17) is 10.5 Å². The molecule has 136 valence electrons. The Balaban J connectivity index is 1.60. The van der Waals surface area contributed by atoms with Crippen LogP contribution >= 0.6 is 11.3 Å². The molecule has 1 aromatic rings. The van der Waals surface area contributed by atoms with Gasteiger partial charge in [0.2, 0.25) is 0 Å². The van der Waals surface area contributed by atoms with Crippen LogP contribution in [0.25, 0.3) is 6.08 Å². The van der Waals surface area contributed by atoms with Crippen molar-refractivity contribution < 1.29 is 9.84 Å². The Morgan fingerprint density at radius 2 is 2.12 bits per heavy atom. The first-order valence-electron chi connectivity index (χ1n) is 9.36. The Bertz CT molecular complexity index is 490. The molecule has 1 aliphatic rings. The number of allylic oxidation sites excluding steroid dienone is 1. The molecule has 0 aliphatic heterocycles. The zero-order chi connectivity index (χ0) is 17.3. The zero-order valence-corrected chi connectivity index (χ0v) is 15.8. The summed E-state index contributed by atoms with van der Waals surface area (Å²) in [5, 5.41) is 9.20. The number of aliphatic hydroxyl groups excluding tert-OH is 1. The fourth-order valence-electron chi connectivity index (χ4n) is 2.99. The molecule has 1 aromatic heterocycles.